The Morgan fingerprint density at radius 2 is 2.07 bits per heavy atom. The first-order valence-corrected chi connectivity index (χ1v) is 6.24. The first kappa shape index (κ1) is 10.3. The van der Waals surface area contributed by atoms with Crippen LogP contribution in [0.15, 0.2) is 28.0 Å². The predicted molar refractivity (Wildman–Crippen MR) is 55.8 cm³/mol. The van der Waals surface area contributed by atoms with E-state index in [1.165, 1.54) is 18.2 Å². The van der Waals surface area contributed by atoms with Gasteiger partial charge in [-0.1, -0.05) is 0 Å². The molecular formula is C7H7N3O3S2. The minimum atomic E-state index is -3.70. The molecule has 0 spiro atoms. The molecule has 1 aliphatic rings. The third-order valence-corrected chi connectivity index (χ3v) is 3.54. The van der Waals surface area contributed by atoms with Crippen molar-refractivity contribution in [1.82, 2.24) is 4.72 Å². The Kier molecular flexibility index (Phi) is 2.33. The molecule has 0 fully saturated rings. The summed E-state index contributed by atoms with van der Waals surface area (Å²) in [5.41, 5.74) is 0.566. The number of carbonyl (C=O) groups excluding carboxylic acids is 1. The zero-order valence-electron chi connectivity index (χ0n) is 7.35. The lowest BCUT2D eigenvalue weighted by atomic mass is 10.3. The summed E-state index contributed by atoms with van der Waals surface area (Å²) < 4.78 is 24.5. The minimum absolute atomic E-state index is 0.0201. The second-order valence-electron chi connectivity index (χ2n) is 2.86. The van der Waals surface area contributed by atoms with Gasteiger partial charge >= 0.3 is 6.03 Å². The third-order valence-electron chi connectivity index (χ3n) is 1.78. The number of nitrogens with one attached hydrogen (secondary N) is 2. The standard InChI is InChI=1S/C7H7N3O3S2/c8-15(12,13)4-1-2-5-6(3-4)14-10-7(11)9-5/h1-3H,(H2,8,12,13)(H2,9,10,11). The number of hydrogen-bond donors (Lipinski definition) is 3. The molecule has 2 amide bonds. The van der Waals surface area contributed by atoms with Crippen molar-refractivity contribution < 1.29 is 13.2 Å². The Balaban J connectivity index is 2.48. The van der Waals surface area contributed by atoms with Crippen molar-refractivity contribution in [3.63, 3.8) is 0 Å². The molecule has 1 heterocycles. The summed E-state index contributed by atoms with van der Waals surface area (Å²) in [4.78, 5) is 11.6. The lowest BCUT2D eigenvalue weighted by molar-refractivity contribution is 0.257. The van der Waals surface area contributed by atoms with E-state index in [4.69, 9.17) is 5.14 Å². The van der Waals surface area contributed by atoms with E-state index in [1.54, 1.807) is 0 Å². The highest BCUT2D eigenvalue weighted by atomic mass is 32.2. The van der Waals surface area contributed by atoms with Crippen LogP contribution in [0.5, 0.6) is 0 Å². The van der Waals surface area contributed by atoms with Gasteiger partial charge in [-0.25, -0.2) is 18.4 Å². The second kappa shape index (κ2) is 3.40. The highest BCUT2D eigenvalue weighted by molar-refractivity contribution is 7.98. The summed E-state index contributed by atoms with van der Waals surface area (Å²) in [6, 6.07) is 3.92. The molecule has 0 bridgehead atoms. The van der Waals surface area contributed by atoms with Crippen molar-refractivity contribution in [2.75, 3.05) is 5.32 Å². The highest BCUT2D eigenvalue weighted by Gasteiger charge is 2.17. The summed E-state index contributed by atoms with van der Waals surface area (Å²) >= 11 is 1.05. The van der Waals surface area contributed by atoms with E-state index >= 15 is 0 Å². The SMILES string of the molecule is NS(=O)(=O)c1ccc2c(c1)SNC(=O)N2. The molecule has 0 unspecified atom stereocenters. The van der Waals surface area contributed by atoms with Gasteiger partial charge in [0.15, 0.2) is 0 Å². The van der Waals surface area contributed by atoms with Gasteiger partial charge in [-0.3, -0.25) is 4.72 Å². The molecule has 0 aliphatic carbocycles. The molecule has 4 N–H and O–H groups in total. The number of carbonyl (C=O) groups is 1. The molecule has 1 aromatic carbocycles. The average molecular weight is 245 g/mol. The highest BCUT2D eigenvalue weighted by Crippen LogP contribution is 2.30. The number of fused-ring (bicyclic) bond motifs is 1. The molecule has 0 saturated carbocycles. The van der Waals surface area contributed by atoms with Crippen molar-refractivity contribution in [3.8, 4) is 0 Å². The molecule has 2 rings (SSSR count). The zero-order valence-corrected chi connectivity index (χ0v) is 8.98. The summed E-state index contributed by atoms with van der Waals surface area (Å²) in [7, 11) is -3.70. The summed E-state index contributed by atoms with van der Waals surface area (Å²) in [6.07, 6.45) is 0. The van der Waals surface area contributed by atoms with Crippen molar-refractivity contribution >= 4 is 33.7 Å². The molecule has 0 aromatic heterocycles. The maximum atomic E-state index is 11.0. The van der Waals surface area contributed by atoms with Crippen LogP contribution in [0.4, 0.5) is 10.5 Å². The van der Waals surface area contributed by atoms with Crippen LogP contribution in [0.1, 0.15) is 0 Å². The van der Waals surface area contributed by atoms with Gasteiger partial charge in [0.1, 0.15) is 0 Å². The van der Waals surface area contributed by atoms with E-state index in [2.05, 4.69) is 10.0 Å². The van der Waals surface area contributed by atoms with Crippen LogP contribution in [0.2, 0.25) is 0 Å². The lowest BCUT2D eigenvalue weighted by Crippen LogP contribution is -2.27. The predicted octanol–water partition coefficient (Wildman–Crippen LogP) is 0.476. The zero-order chi connectivity index (χ0) is 11.1. The number of benzene rings is 1. The average Bonchev–Trinajstić information content (AvgIpc) is 2.15. The Hall–Kier alpha value is -1.25. The van der Waals surface area contributed by atoms with Crippen LogP contribution in [0.3, 0.4) is 0 Å². The van der Waals surface area contributed by atoms with E-state index in [-0.39, 0.29) is 10.9 Å². The van der Waals surface area contributed by atoms with Gasteiger partial charge in [-0.05, 0) is 30.1 Å². The van der Waals surface area contributed by atoms with E-state index in [0.717, 1.165) is 11.9 Å². The number of anilines is 1. The third kappa shape index (κ3) is 2.06. The minimum Gasteiger partial charge on any atom is -0.306 e. The van der Waals surface area contributed by atoms with E-state index in [9.17, 15) is 13.2 Å². The summed E-state index contributed by atoms with van der Waals surface area (Å²) in [5, 5.41) is 7.50. The van der Waals surface area contributed by atoms with E-state index in [0.29, 0.717) is 10.6 Å². The molecule has 6 nitrogen and oxygen atoms in total. The summed E-state index contributed by atoms with van der Waals surface area (Å²) in [5.74, 6) is 0. The Bertz CT molecular complexity index is 526. The number of rotatable bonds is 1. The number of nitrogens with two attached hydrogens (primary N) is 1. The Morgan fingerprint density at radius 3 is 2.73 bits per heavy atom. The van der Waals surface area contributed by atoms with Crippen LogP contribution in [0.25, 0.3) is 0 Å². The second-order valence-corrected chi connectivity index (χ2v) is 5.27. The molecule has 0 radical (unpaired) electrons. The largest absolute Gasteiger partial charge is 0.329 e. The van der Waals surface area contributed by atoms with Crippen molar-refractivity contribution in [2.45, 2.75) is 9.79 Å². The van der Waals surface area contributed by atoms with Gasteiger partial charge < -0.3 is 5.32 Å². The molecule has 80 valence electrons. The number of sulfonamides is 1. The topological polar surface area (TPSA) is 101 Å². The van der Waals surface area contributed by atoms with Crippen LogP contribution in [0, 0.1) is 0 Å². The fourth-order valence-electron chi connectivity index (χ4n) is 1.12. The van der Waals surface area contributed by atoms with Gasteiger partial charge in [0, 0.05) is 0 Å². The molecule has 1 aromatic rings. The van der Waals surface area contributed by atoms with Gasteiger partial charge in [-0.2, -0.15) is 0 Å². The molecule has 15 heavy (non-hydrogen) atoms. The molecular weight excluding hydrogens is 238 g/mol. The molecule has 0 saturated heterocycles. The van der Waals surface area contributed by atoms with Crippen molar-refractivity contribution in [1.29, 1.82) is 0 Å². The van der Waals surface area contributed by atoms with Gasteiger partial charge in [-0.15, -0.1) is 0 Å². The quantitative estimate of drug-likeness (QED) is 0.626. The number of hydrogen-bond acceptors (Lipinski definition) is 4. The Morgan fingerprint density at radius 1 is 1.33 bits per heavy atom. The van der Waals surface area contributed by atoms with Gasteiger partial charge in [0.05, 0.1) is 15.5 Å². The van der Waals surface area contributed by atoms with Crippen LogP contribution in [-0.2, 0) is 10.0 Å². The number of primary sulfonamides is 1. The molecule has 0 atom stereocenters. The van der Waals surface area contributed by atoms with Gasteiger partial charge in [0.25, 0.3) is 0 Å². The monoisotopic (exact) mass is 245 g/mol. The first-order valence-electron chi connectivity index (χ1n) is 3.87. The van der Waals surface area contributed by atoms with Crippen LogP contribution < -0.4 is 15.2 Å². The van der Waals surface area contributed by atoms with Crippen molar-refractivity contribution in [2.24, 2.45) is 5.14 Å². The smallest absolute Gasteiger partial charge is 0.306 e. The van der Waals surface area contributed by atoms with E-state index < -0.39 is 10.0 Å². The Labute approximate surface area is 90.4 Å². The fraction of sp³-hybridized carbons (Fsp3) is 0. The van der Waals surface area contributed by atoms with Gasteiger partial charge in [0.2, 0.25) is 10.0 Å². The lowest BCUT2D eigenvalue weighted by Gasteiger charge is -2.17. The summed E-state index contributed by atoms with van der Waals surface area (Å²) in [6.45, 7) is 0. The molecule has 1 aliphatic heterocycles. The number of amides is 2. The van der Waals surface area contributed by atoms with E-state index in [1.807, 2.05) is 0 Å². The number of urea groups is 1. The fourth-order valence-corrected chi connectivity index (χ4v) is 2.40. The van der Waals surface area contributed by atoms with Crippen LogP contribution in [-0.4, -0.2) is 14.4 Å². The maximum absolute atomic E-state index is 11.0. The van der Waals surface area contributed by atoms with Crippen LogP contribution >= 0.6 is 11.9 Å². The maximum Gasteiger partial charge on any atom is 0.329 e. The normalized spacial score (nSPS) is 15.1. The molecule has 8 heteroatoms. The first-order chi connectivity index (χ1) is 6.97. The van der Waals surface area contributed by atoms with Crippen molar-refractivity contribution in [3.05, 3.63) is 18.2 Å².